The maximum Gasteiger partial charge on any atom is 0.251 e. The standard InChI is InChI=1S/C16H23N3O2/c17-10-12-6-8-13(9-7-12)16(21)18-11-15(20)19-14-4-2-1-3-5-14/h6-9,14H,1-5,10-11,17H2,(H,18,21)(H,19,20). The van der Waals surface area contributed by atoms with Crippen molar-refractivity contribution >= 4 is 11.8 Å². The number of carbonyl (C=O) groups is 2. The molecular formula is C16H23N3O2. The van der Waals surface area contributed by atoms with E-state index >= 15 is 0 Å². The van der Waals surface area contributed by atoms with E-state index in [1.807, 2.05) is 12.1 Å². The Balaban J connectivity index is 1.75. The maximum absolute atomic E-state index is 11.9. The molecule has 1 aliphatic carbocycles. The minimum absolute atomic E-state index is 0.0218. The average Bonchev–Trinajstić information content (AvgIpc) is 2.53. The molecule has 114 valence electrons. The van der Waals surface area contributed by atoms with Crippen LogP contribution < -0.4 is 16.4 Å². The molecule has 0 atom stereocenters. The van der Waals surface area contributed by atoms with Crippen molar-refractivity contribution in [3.63, 3.8) is 0 Å². The predicted octanol–water partition coefficient (Wildman–Crippen LogP) is 1.32. The number of carbonyl (C=O) groups excluding carboxylic acids is 2. The number of benzene rings is 1. The molecule has 1 aliphatic rings. The first-order valence-electron chi connectivity index (χ1n) is 7.55. The van der Waals surface area contributed by atoms with Crippen molar-refractivity contribution in [3.05, 3.63) is 35.4 Å². The molecule has 0 heterocycles. The van der Waals surface area contributed by atoms with E-state index < -0.39 is 0 Å². The predicted molar refractivity (Wildman–Crippen MR) is 81.7 cm³/mol. The molecule has 4 N–H and O–H groups in total. The van der Waals surface area contributed by atoms with Gasteiger partial charge in [0.1, 0.15) is 0 Å². The van der Waals surface area contributed by atoms with Gasteiger partial charge in [-0.2, -0.15) is 0 Å². The summed E-state index contributed by atoms with van der Waals surface area (Å²) in [5.74, 6) is -0.355. The summed E-state index contributed by atoms with van der Waals surface area (Å²) in [4.78, 5) is 23.7. The van der Waals surface area contributed by atoms with Crippen LogP contribution in [0.5, 0.6) is 0 Å². The highest BCUT2D eigenvalue weighted by molar-refractivity contribution is 5.96. The maximum atomic E-state index is 11.9. The first-order chi connectivity index (χ1) is 10.2. The molecule has 0 aliphatic heterocycles. The van der Waals surface area contributed by atoms with Crippen LogP contribution in [0.3, 0.4) is 0 Å². The smallest absolute Gasteiger partial charge is 0.251 e. The summed E-state index contributed by atoms with van der Waals surface area (Å²) in [5.41, 5.74) is 7.02. The molecule has 1 saturated carbocycles. The highest BCUT2D eigenvalue weighted by Gasteiger charge is 2.16. The zero-order valence-corrected chi connectivity index (χ0v) is 12.2. The monoisotopic (exact) mass is 289 g/mol. The minimum Gasteiger partial charge on any atom is -0.352 e. The molecule has 1 aromatic carbocycles. The van der Waals surface area contributed by atoms with Crippen molar-refractivity contribution in [3.8, 4) is 0 Å². The summed E-state index contributed by atoms with van der Waals surface area (Å²) >= 11 is 0. The molecule has 0 saturated heterocycles. The Kier molecular flexibility index (Phi) is 5.75. The van der Waals surface area contributed by atoms with Crippen LogP contribution in [-0.4, -0.2) is 24.4 Å². The van der Waals surface area contributed by atoms with Gasteiger partial charge in [0.25, 0.3) is 5.91 Å². The van der Waals surface area contributed by atoms with Crippen molar-refractivity contribution in [2.75, 3.05) is 6.54 Å². The van der Waals surface area contributed by atoms with Crippen LogP contribution in [0.1, 0.15) is 48.0 Å². The van der Waals surface area contributed by atoms with Crippen molar-refractivity contribution in [1.29, 1.82) is 0 Å². The first-order valence-corrected chi connectivity index (χ1v) is 7.55. The number of hydrogen-bond acceptors (Lipinski definition) is 3. The lowest BCUT2D eigenvalue weighted by molar-refractivity contribution is -0.121. The molecule has 5 heteroatoms. The molecule has 0 radical (unpaired) electrons. The third kappa shape index (κ3) is 4.86. The molecule has 1 aromatic rings. The first kappa shape index (κ1) is 15.5. The van der Waals surface area contributed by atoms with Crippen LogP contribution in [-0.2, 0) is 11.3 Å². The van der Waals surface area contributed by atoms with Gasteiger partial charge in [0.05, 0.1) is 6.54 Å². The van der Waals surface area contributed by atoms with Crippen molar-refractivity contribution in [1.82, 2.24) is 10.6 Å². The lowest BCUT2D eigenvalue weighted by Gasteiger charge is -2.22. The Morgan fingerprint density at radius 3 is 2.38 bits per heavy atom. The number of hydrogen-bond donors (Lipinski definition) is 3. The van der Waals surface area contributed by atoms with Gasteiger partial charge in [-0.25, -0.2) is 0 Å². The zero-order chi connectivity index (χ0) is 15.1. The molecule has 5 nitrogen and oxygen atoms in total. The van der Waals surface area contributed by atoms with Gasteiger partial charge in [0.15, 0.2) is 0 Å². The van der Waals surface area contributed by atoms with Crippen LogP contribution >= 0.6 is 0 Å². The molecule has 2 amide bonds. The average molecular weight is 289 g/mol. The van der Waals surface area contributed by atoms with E-state index in [4.69, 9.17) is 5.73 Å². The topological polar surface area (TPSA) is 84.2 Å². The fourth-order valence-corrected chi connectivity index (χ4v) is 2.58. The van der Waals surface area contributed by atoms with E-state index in [9.17, 15) is 9.59 Å². The van der Waals surface area contributed by atoms with E-state index in [-0.39, 0.29) is 24.4 Å². The quantitative estimate of drug-likeness (QED) is 0.764. The lowest BCUT2D eigenvalue weighted by atomic mass is 9.95. The molecule has 21 heavy (non-hydrogen) atoms. The zero-order valence-electron chi connectivity index (χ0n) is 12.2. The van der Waals surface area contributed by atoms with Gasteiger partial charge >= 0.3 is 0 Å². The van der Waals surface area contributed by atoms with Crippen LogP contribution in [0, 0.1) is 0 Å². The number of nitrogens with one attached hydrogen (secondary N) is 2. The van der Waals surface area contributed by atoms with Crippen molar-refractivity contribution < 1.29 is 9.59 Å². The summed E-state index contributed by atoms with van der Waals surface area (Å²) in [7, 11) is 0. The Morgan fingerprint density at radius 2 is 1.76 bits per heavy atom. The minimum atomic E-state index is -0.239. The normalized spacial score (nSPS) is 15.5. The Morgan fingerprint density at radius 1 is 1.10 bits per heavy atom. The van der Waals surface area contributed by atoms with Gasteiger partial charge < -0.3 is 16.4 Å². The summed E-state index contributed by atoms with van der Waals surface area (Å²) in [5, 5.41) is 5.62. The molecule has 0 aromatic heterocycles. The lowest BCUT2D eigenvalue weighted by Crippen LogP contribution is -2.42. The molecule has 1 fully saturated rings. The fourth-order valence-electron chi connectivity index (χ4n) is 2.58. The molecule has 0 unspecified atom stereocenters. The van der Waals surface area contributed by atoms with Crippen molar-refractivity contribution in [2.45, 2.75) is 44.7 Å². The van der Waals surface area contributed by atoms with Gasteiger partial charge in [-0.15, -0.1) is 0 Å². The molecular weight excluding hydrogens is 266 g/mol. The van der Waals surface area contributed by atoms with Crippen LogP contribution in [0.15, 0.2) is 24.3 Å². The third-order valence-electron chi connectivity index (χ3n) is 3.83. The fraction of sp³-hybridized carbons (Fsp3) is 0.500. The van der Waals surface area contributed by atoms with Gasteiger partial charge in [-0.1, -0.05) is 31.4 Å². The Hall–Kier alpha value is -1.88. The van der Waals surface area contributed by atoms with E-state index in [0.29, 0.717) is 12.1 Å². The molecule has 0 spiro atoms. The van der Waals surface area contributed by atoms with Gasteiger partial charge in [0, 0.05) is 18.2 Å². The van der Waals surface area contributed by atoms with Crippen LogP contribution in [0.4, 0.5) is 0 Å². The van der Waals surface area contributed by atoms with Gasteiger partial charge in [0.2, 0.25) is 5.91 Å². The highest BCUT2D eigenvalue weighted by Crippen LogP contribution is 2.17. The van der Waals surface area contributed by atoms with E-state index in [1.54, 1.807) is 12.1 Å². The third-order valence-corrected chi connectivity index (χ3v) is 3.83. The number of rotatable bonds is 5. The summed E-state index contributed by atoms with van der Waals surface area (Å²) in [6.45, 7) is 0.472. The molecule has 2 rings (SSSR count). The van der Waals surface area contributed by atoms with E-state index in [2.05, 4.69) is 10.6 Å². The van der Waals surface area contributed by atoms with Crippen LogP contribution in [0.25, 0.3) is 0 Å². The van der Waals surface area contributed by atoms with Gasteiger partial charge in [-0.05, 0) is 30.5 Å². The number of amides is 2. The summed E-state index contributed by atoms with van der Waals surface area (Å²) < 4.78 is 0. The highest BCUT2D eigenvalue weighted by atomic mass is 16.2. The number of nitrogens with two attached hydrogens (primary N) is 1. The van der Waals surface area contributed by atoms with Crippen molar-refractivity contribution in [2.24, 2.45) is 5.73 Å². The summed E-state index contributed by atoms with van der Waals surface area (Å²) in [6, 6.07) is 7.34. The van der Waals surface area contributed by atoms with Gasteiger partial charge in [-0.3, -0.25) is 9.59 Å². The SMILES string of the molecule is NCc1ccc(C(=O)NCC(=O)NC2CCCCC2)cc1. The molecule has 0 bridgehead atoms. The second kappa shape index (κ2) is 7.78. The largest absolute Gasteiger partial charge is 0.352 e. The van der Waals surface area contributed by atoms with E-state index in [1.165, 1.54) is 19.3 Å². The Labute approximate surface area is 125 Å². The second-order valence-electron chi connectivity index (χ2n) is 5.49. The summed E-state index contributed by atoms with van der Waals surface area (Å²) in [6.07, 6.45) is 5.68. The van der Waals surface area contributed by atoms with E-state index in [0.717, 1.165) is 18.4 Å². The van der Waals surface area contributed by atoms with Crippen LogP contribution in [0.2, 0.25) is 0 Å². The Bertz CT molecular complexity index is 479. The second-order valence-corrected chi connectivity index (χ2v) is 5.49.